The fraction of sp³-hybridized carbons (Fsp3) is 0.429. The van der Waals surface area contributed by atoms with Crippen LogP contribution in [-0.2, 0) is 4.79 Å². The lowest BCUT2D eigenvalue weighted by Crippen LogP contribution is -2.36. The third-order valence-electron chi connectivity index (χ3n) is 3.03. The van der Waals surface area contributed by atoms with Gasteiger partial charge in [0.1, 0.15) is 17.1 Å². The lowest BCUT2D eigenvalue weighted by Gasteiger charge is -2.17. The van der Waals surface area contributed by atoms with E-state index < -0.39 is 23.6 Å². The van der Waals surface area contributed by atoms with Crippen LogP contribution < -0.4 is 10.1 Å². The van der Waals surface area contributed by atoms with E-state index in [1.54, 1.807) is 13.8 Å². The summed E-state index contributed by atoms with van der Waals surface area (Å²) in [7, 11) is 1.33. The van der Waals surface area contributed by atoms with Crippen LogP contribution in [0.15, 0.2) is 18.2 Å². The molecule has 0 aliphatic carbocycles. The molecule has 0 aliphatic rings. The third kappa shape index (κ3) is 3.69. The number of benzene rings is 1. The first-order valence-electron chi connectivity index (χ1n) is 6.22. The summed E-state index contributed by atoms with van der Waals surface area (Å²) in [5.41, 5.74) is -0.220. The topological polar surface area (TPSA) is 75.6 Å². The molecular formula is C14H18FNO4. The number of carbonyl (C=O) groups excluding carboxylic acids is 1. The van der Waals surface area contributed by atoms with Gasteiger partial charge in [-0.3, -0.25) is 9.59 Å². The van der Waals surface area contributed by atoms with Crippen molar-refractivity contribution in [3.8, 4) is 5.75 Å². The van der Waals surface area contributed by atoms with Gasteiger partial charge in [-0.05, 0) is 18.1 Å². The summed E-state index contributed by atoms with van der Waals surface area (Å²) >= 11 is 0. The summed E-state index contributed by atoms with van der Waals surface area (Å²) in [6.07, 6.45) is 0. The molecule has 0 fully saturated rings. The van der Waals surface area contributed by atoms with E-state index >= 15 is 0 Å². The number of carboxylic acids is 1. The van der Waals surface area contributed by atoms with E-state index in [0.717, 1.165) is 6.07 Å². The van der Waals surface area contributed by atoms with Gasteiger partial charge in [-0.25, -0.2) is 4.39 Å². The maximum Gasteiger partial charge on any atom is 0.308 e. The van der Waals surface area contributed by atoms with E-state index in [-0.39, 0.29) is 23.8 Å². The number of carboxylic acid groups (broad SMARTS) is 1. The van der Waals surface area contributed by atoms with Crippen LogP contribution in [0, 0.1) is 17.7 Å². The van der Waals surface area contributed by atoms with Crippen LogP contribution in [0.5, 0.6) is 5.75 Å². The van der Waals surface area contributed by atoms with E-state index in [9.17, 15) is 14.0 Å². The molecule has 6 heteroatoms. The first-order valence-corrected chi connectivity index (χ1v) is 6.22. The highest BCUT2D eigenvalue weighted by Crippen LogP contribution is 2.21. The number of ether oxygens (including phenoxy) is 1. The fourth-order valence-corrected chi connectivity index (χ4v) is 1.79. The van der Waals surface area contributed by atoms with Crippen LogP contribution in [0.4, 0.5) is 4.39 Å². The number of rotatable bonds is 6. The summed E-state index contributed by atoms with van der Waals surface area (Å²) in [5, 5.41) is 11.5. The van der Waals surface area contributed by atoms with Crippen molar-refractivity contribution >= 4 is 11.9 Å². The molecule has 5 nitrogen and oxygen atoms in total. The Morgan fingerprint density at radius 1 is 1.40 bits per heavy atom. The quantitative estimate of drug-likeness (QED) is 0.836. The van der Waals surface area contributed by atoms with Gasteiger partial charge in [0.2, 0.25) is 0 Å². The van der Waals surface area contributed by atoms with Gasteiger partial charge in [0, 0.05) is 6.54 Å². The van der Waals surface area contributed by atoms with Crippen LogP contribution in [0.1, 0.15) is 24.2 Å². The van der Waals surface area contributed by atoms with E-state index in [4.69, 9.17) is 9.84 Å². The van der Waals surface area contributed by atoms with E-state index in [1.165, 1.54) is 19.2 Å². The van der Waals surface area contributed by atoms with Crippen molar-refractivity contribution in [1.82, 2.24) is 5.32 Å². The van der Waals surface area contributed by atoms with Gasteiger partial charge in [-0.15, -0.1) is 0 Å². The molecule has 20 heavy (non-hydrogen) atoms. The zero-order valence-electron chi connectivity index (χ0n) is 11.6. The summed E-state index contributed by atoms with van der Waals surface area (Å²) < 4.78 is 18.6. The Hall–Kier alpha value is -2.11. The van der Waals surface area contributed by atoms with Gasteiger partial charge in [-0.1, -0.05) is 19.9 Å². The first-order chi connectivity index (χ1) is 9.38. The number of nitrogens with one attached hydrogen (secondary N) is 1. The van der Waals surface area contributed by atoms with Crippen LogP contribution >= 0.6 is 0 Å². The van der Waals surface area contributed by atoms with Crippen molar-refractivity contribution in [2.45, 2.75) is 13.8 Å². The predicted octanol–water partition coefficient (Wildman–Crippen LogP) is 1.92. The Balaban J connectivity index is 2.85. The van der Waals surface area contributed by atoms with Gasteiger partial charge in [-0.2, -0.15) is 0 Å². The molecule has 1 atom stereocenters. The van der Waals surface area contributed by atoms with Gasteiger partial charge in [0.25, 0.3) is 5.91 Å². The average molecular weight is 283 g/mol. The van der Waals surface area contributed by atoms with Gasteiger partial charge in [0.05, 0.1) is 13.0 Å². The van der Waals surface area contributed by atoms with E-state index in [1.807, 2.05) is 0 Å². The number of methoxy groups -OCH3 is 1. The largest absolute Gasteiger partial charge is 0.496 e. The summed E-state index contributed by atoms with van der Waals surface area (Å²) in [5.74, 6) is -3.16. The summed E-state index contributed by atoms with van der Waals surface area (Å²) in [4.78, 5) is 23.0. The standard InChI is InChI=1S/C14H18FNO4/c1-8(2)9(14(18)19)7-16-13(17)12-10(15)5-4-6-11(12)20-3/h4-6,8-9H,7H2,1-3H3,(H,16,17)(H,18,19). The third-order valence-corrected chi connectivity index (χ3v) is 3.03. The van der Waals surface area contributed by atoms with Gasteiger partial charge >= 0.3 is 5.97 Å². The minimum atomic E-state index is -0.999. The normalized spacial score (nSPS) is 12.1. The molecule has 0 saturated heterocycles. The molecule has 110 valence electrons. The maximum absolute atomic E-state index is 13.7. The van der Waals surface area contributed by atoms with Crippen molar-refractivity contribution < 1.29 is 23.8 Å². The second kappa shape index (κ2) is 6.88. The second-order valence-electron chi connectivity index (χ2n) is 4.72. The molecule has 1 aromatic carbocycles. The predicted molar refractivity (Wildman–Crippen MR) is 71.2 cm³/mol. The SMILES string of the molecule is COc1cccc(F)c1C(=O)NCC(C(=O)O)C(C)C. The molecule has 2 N–H and O–H groups in total. The fourth-order valence-electron chi connectivity index (χ4n) is 1.79. The minimum Gasteiger partial charge on any atom is -0.496 e. The number of hydrogen-bond acceptors (Lipinski definition) is 3. The summed E-state index contributed by atoms with van der Waals surface area (Å²) in [6, 6.07) is 4.04. The number of halogens is 1. The lowest BCUT2D eigenvalue weighted by atomic mass is 9.96. The van der Waals surface area contributed by atoms with Crippen molar-refractivity contribution in [3.05, 3.63) is 29.6 Å². The number of amides is 1. The molecule has 0 saturated carbocycles. The highest BCUT2D eigenvalue weighted by atomic mass is 19.1. The van der Waals surface area contributed by atoms with E-state index in [0.29, 0.717) is 0 Å². The molecule has 0 bridgehead atoms. The first kappa shape index (κ1) is 15.9. The Morgan fingerprint density at radius 2 is 2.05 bits per heavy atom. The number of hydrogen-bond donors (Lipinski definition) is 2. The Kier molecular flexibility index (Phi) is 5.49. The maximum atomic E-state index is 13.7. The highest BCUT2D eigenvalue weighted by Gasteiger charge is 2.24. The summed E-state index contributed by atoms with van der Waals surface area (Å²) in [6.45, 7) is 3.42. The molecule has 0 aliphatic heterocycles. The minimum absolute atomic E-state index is 0.0661. The zero-order chi connectivity index (χ0) is 15.3. The van der Waals surface area contributed by atoms with Gasteiger partial charge in [0.15, 0.2) is 0 Å². The average Bonchev–Trinajstić information content (AvgIpc) is 2.37. The van der Waals surface area contributed by atoms with Gasteiger partial charge < -0.3 is 15.2 Å². The zero-order valence-corrected chi connectivity index (χ0v) is 11.6. The molecule has 0 spiro atoms. The van der Waals surface area contributed by atoms with Crippen molar-refractivity contribution in [2.75, 3.05) is 13.7 Å². The molecule has 1 amide bonds. The second-order valence-corrected chi connectivity index (χ2v) is 4.72. The monoisotopic (exact) mass is 283 g/mol. The molecule has 1 aromatic rings. The molecule has 0 aromatic heterocycles. The van der Waals surface area contributed by atoms with Crippen molar-refractivity contribution in [2.24, 2.45) is 11.8 Å². The van der Waals surface area contributed by atoms with Crippen molar-refractivity contribution in [3.63, 3.8) is 0 Å². The molecule has 1 unspecified atom stereocenters. The Bertz CT molecular complexity index is 502. The van der Waals surface area contributed by atoms with Crippen LogP contribution in [-0.4, -0.2) is 30.6 Å². The smallest absolute Gasteiger partial charge is 0.308 e. The van der Waals surface area contributed by atoms with Crippen molar-refractivity contribution in [1.29, 1.82) is 0 Å². The Morgan fingerprint density at radius 3 is 2.55 bits per heavy atom. The Labute approximate surface area is 116 Å². The lowest BCUT2D eigenvalue weighted by molar-refractivity contribution is -0.142. The molecule has 0 radical (unpaired) electrons. The van der Waals surface area contributed by atoms with Crippen LogP contribution in [0.2, 0.25) is 0 Å². The van der Waals surface area contributed by atoms with Crippen LogP contribution in [0.3, 0.4) is 0 Å². The molecule has 0 heterocycles. The van der Waals surface area contributed by atoms with E-state index in [2.05, 4.69) is 5.32 Å². The number of carbonyl (C=O) groups is 2. The molecule has 1 rings (SSSR count). The molecular weight excluding hydrogens is 265 g/mol. The van der Waals surface area contributed by atoms with Crippen LogP contribution in [0.25, 0.3) is 0 Å². The highest BCUT2D eigenvalue weighted by molar-refractivity contribution is 5.97. The number of aliphatic carboxylic acids is 1.